The molecule has 24 heavy (non-hydrogen) atoms. The maximum atomic E-state index is 10.3. The van der Waals surface area contributed by atoms with Gasteiger partial charge in [0.1, 0.15) is 0 Å². The van der Waals surface area contributed by atoms with Gasteiger partial charge in [-0.15, -0.1) is 0 Å². The van der Waals surface area contributed by atoms with Crippen molar-refractivity contribution < 1.29 is 5.11 Å². The van der Waals surface area contributed by atoms with Crippen LogP contribution in [0.2, 0.25) is 0 Å². The number of rotatable bonds is 6. The number of β-amino-alcohol motifs (C(OH)–C–C–N with tert-alkyl or cyclic N) is 1. The van der Waals surface area contributed by atoms with Crippen molar-refractivity contribution in [3.05, 3.63) is 53.9 Å². The van der Waals surface area contributed by atoms with E-state index in [0.717, 1.165) is 45.7 Å². The van der Waals surface area contributed by atoms with E-state index in [4.69, 9.17) is 0 Å². The van der Waals surface area contributed by atoms with Crippen LogP contribution in [-0.4, -0.2) is 63.5 Å². The van der Waals surface area contributed by atoms with Crippen molar-refractivity contribution >= 4 is 0 Å². The van der Waals surface area contributed by atoms with E-state index < -0.39 is 0 Å². The van der Waals surface area contributed by atoms with Crippen LogP contribution in [0.15, 0.2) is 42.7 Å². The highest BCUT2D eigenvalue weighted by Gasteiger charge is 2.17. The number of aromatic nitrogens is 2. The summed E-state index contributed by atoms with van der Waals surface area (Å²) >= 11 is 0. The molecule has 1 atom stereocenters. The molecule has 3 rings (SSSR count). The minimum atomic E-state index is -0.367. The van der Waals surface area contributed by atoms with E-state index in [9.17, 15) is 5.11 Å². The van der Waals surface area contributed by atoms with Gasteiger partial charge in [-0.05, 0) is 38.1 Å². The Morgan fingerprint density at radius 1 is 1.04 bits per heavy atom. The summed E-state index contributed by atoms with van der Waals surface area (Å²) < 4.78 is 1.80. The summed E-state index contributed by atoms with van der Waals surface area (Å²) in [5.74, 6) is 0. The predicted molar refractivity (Wildman–Crippen MR) is 95.7 cm³/mol. The van der Waals surface area contributed by atoms with Crippen molar-refractivity contribution in [3.8, 4) is 0 Å². The van der Waals surface area contributed by atoms with Gasteiger partial charge in [0.25, 0.3) is 0 Å². The molecule has 1 aliphatic rings. The summed E-state index contributed by atoms with van der Waals surface area (Å²) in [4.78, 5) is 4.90. The summed E-state index contributed by atoms with van der Waals surface area (Å²) in [5, 5.41) is 14.4. The van der Waals surface area contributed by atoms with Crippen molar-refractivity contribution in [3.63, 3.8) is 0 Å². The first-order valence-corrected chi connectivity index (χ1v) is 8.85. The van der Waals surface area contributed by atoms with E-state index in [1.807, 2.05) is 12.3 Å². The molecule has 0 saturated carbocycles. The van der Waals surface area contributed by atoms with Gasteiger partial charge in [-0.25, -0.2) is 0 Å². The molecule has 0 radical (unpaired) electrons. The SMILES string of the molecule is Cc1ccc(CN2CCCN(C[C@H](O)Cn3cccn3)CC2)cc1. The summed E-state index contributed by atoms with van der Waals surface area (Å²) in [7, 11) is 0. The number of hydrogen-bond donors (Lipinski definition) is 1. The average molecular weight is 328 g/mol. The maximum Gasteiger partial charge on any atom is 0.0862 e. The number of aryl methyl sites for hydroxylation is 1. The summed E-state index contributed by atoms with van der Waals surface area (Å²) in [6.07, 6.45) is 4.44. The molecular formula is C19H28N4O. The van der Waals surface area contributed by atoms with Crippen LogP contribution in [0, 0.1) is 6.92 Å². The standard InChI is InChI=1S/C19H28N4O/c1-17-4-6-18(7-5-17)14-21-9-3-10-22(13-12-21)15-19(24)16-23-11-2-8-20-23/h2,4-8,11,19,24H,3,9-10,12-16H2,1H3/t19-/m0/s1. The lowest BCUT2D eigenvalue weighted by Crippen LogP contribution is -2.37. The molecule has 0 aliphatic carbocycles. The third-order valence-electron chi connectivity index (χ3n) is 4.63. The van der Waals surface area contributed by atoms with Crippen LogP contribution < -0.4 is 0 Å². The molecular weight excluding hydrogens is 300 g/mol. The summed E-state index contributed by atoms with van der Waals surface area (Å²) in [6, 6.07) is 10.7. The smallest absolute Gasteiger partial charge is 0.0862 e. The highest BCUT2D eigenvalue weighted by atomic mass is 16.3. The second-order valence-electron chi connectivity index (χ2n) is 6.80. The topological polar surface area (TPSA) is 44.5 Å². The number of benzene rings is 1. The van der Waals surface area contributed by atoms with Crippen LogP contribution in [0.3, 0.4) is 0 Å². The van der Waals surface area contributed by atoms with Crippen molar-refractivity contribution in [1.29, 1.82) is 0 Å². The lowest BCUT2D eigenvalue weighted by molar-refractivity contribution is 0.0962. The molecule has 0 spiro atoms. The molecule has 1 saturated heterocycles. The molecule has 1 fully saturated rings. The van der Waals surface area contributed by atoms with E-state index in [1.165, 1.54) is 11.1 Å². The minimum absolute atomic E-state index is 0.367. The largest absolute Gasteiger partial charge is 0.390 e. The Morgan fingerprint density at radius 3 is 2.54 bits per heavy atom. The van der Waals surface area contributed by atoms with Gasteiger partial charge in [0.15, 0.2) is 0 Å². The third kappa shape index (κ3) is 5.16. The van der Waals surface area contributed by atoms with Gasteiger partial charge in [-0.2, -0.15) is 5.10 Å². The molecule has 5 heteroatoms. The second-order valence-corrected chi connectivity index (χ2v) is 6.80. The Morgan fingerprint density at radius 2 is 1.79 bits per heavy atom. The van der Waals surface area contributed by atoms with Crippen molar-refractivity contribution in [2.45, 2.75) is 32.5 Å². The molecule has 1 aromatic heterocycles. The Bertz CT molecular complexity index is 596. The number of hydrogen-bond acceptors (Lipinski definition) is 4. The average Bonchev–Trinajstić information content (AvgIpc) is 2.97. The van der Waals surface area contributed by atoms with Crippen molar-refractivity contribution in [1.82, 2.24) is 19.6 Å². The number of aliphatic hydroxyl groups excluding tert-OH is 1. The number of nitrogens with zero attached hydrogens (tertiary/aromatic N) is 4. The van der Waals surface area contributed by atoms with Crippen LogP contribution in [0.1, 0.15) is 17.5 Å². The first kappa shape index (κ1) is 17.1. The number of aliphatic hydroxyl groups is 1. The van der Waals surface area contributed by atoms with Crippen LogP contribution >= 0.6 is 0 Å². The van der Waals surface area contributed by atoms with Gasteiger partial charge >= 0.3 is 0 Å². The van der Waals surface area contributed by atoms with Gasteiger partial charge in [-0.3, -0.25) is 14.5 Å². The first-order chi connectivity index (χ1) is 11.7. The van der Waals surface area contributed by atoms with Gasteiger partial charge in [-0.1, -0.05) is 29.8 Å². The molecule has 1 N–H and O–H groups in total. The first-order valence-electron chi connectivity index (χ1n) is 8.85. The molecule has 2 aromatic rings. The monoisotopic (exact) mass is 328 g/mol. The summed E-state index contributed by atoms with van der Waals surface area (Å²) in [6.45, 7) is 8.69. The Kier molecular flexibility index (Phi) is 6.01. The molecule has 130 valence electrons. The van der Waals surface area contributed by atoms with Gasteiger partial charge in [0.2, 0.25) is 0 Å². The van der Waals surface area contributed by atoms with Crippen LogP contribution in [0.5, 0.6) is 0 Å². The Balaban J connectivity index is 1.45. The Hall–Kier alpha value is -1.69. The lowest BCUT2D eigenvalue weighted by Gasteiger charge is -2.24. The van der Waals surface area contributed by atoms with Crippen LogP contribution in [0.25, 0.3) is 0 Å². The maximum absolute atomic E-state index is 10.3. The molecule has 1 aliphatic heterocycles. The highest BCUT2D eigenvalue weighted by molar-refractivity contribution is 5.21. The van der Waals surface area contributed by atoms with Crippen molar-refractivity contribution in [2.75, 3.05) is 32.7 Å². The lowest BCUT2D eigenvalue weighted by atomic mass is 10.1. The zero-order valence-corrected chi connectivity index (χ0v) is 14.5. The summed E-state index contributed by atoms with van der Waals surface area (Å²) in [5.41, 5.74) is 2.69. The van der Waals surface area contributed by atoms with E-state index >= 15 is 0 Å². The fourth-order valence-corrected chi connectivity index (χ4v) is 3.30. The van der Waals surface area contributed by atoms with E-state index in [-0.39, 0.29) is 6.10 Å². The zero-order chi connectivity index (χ0) is 16.8. The van der Waals surface area contributed by atoms with Gasteiger partial charge < -0.3 is 5.11 Å². The fourth-order valence-electron chi connectivity index (χ4n) is 3.30. The zero-order valence-electron chi connectivity index (χ0n) is 14.5. The molecule has 1 aromatic carbocycles. The molecule has 2 heterocycles. The molecule has 0 amide bonds. The van der Waals surface area contributed by atoms with Crippen LogP contribution in [0.4, 0.5) is 0 Å². The molecule has 5 nitrogen and oxygen atoms in total. The fraction of sp³-hybridized carbons (Fsp3) is 0.526. The Labute approximate surface area is 144 Å². The van der Waals surface area contributed by atoms with E-state index in [2.05, 4.69) is 46.1 Å². The highest BCUT2D eigenvalue weighted by Crippen LogP contribution is 2.10. The quantitative estimate of drug-likeness (QED) is 0.878. The van der Waals surface area contributed by atoms with Gasteiger partial charge in [0, 0.05) is 38.6 Å². The van der Waals surface area contributed by atoms with E-state index in [0.29, 0.717) is 6.54 Å². The van der Waals surface area contributed by atoms with Gasteiger partial charge in [0.05, 0.1) is 12.6 Å². The normalized spacial score (nSPS) is 18.4. The molecule has 0 unspecified atom stereocenters. The van der Waals surface area contributed by atoms with E-state index in [1.54, 1.807) is 10.9 Å². The third-order valence-corrected chi connectivity index (χ3v) is 4.63. The predicted octanol–water partition coefficient (Wildman–Crippen LogP) is 1.76. The second kappa shape index (κ2) is 8.42. The molecule has 0 bridgehead atoms. The minimum Gasteiger partial charge on any atom is -0.390 e. The van der Waals surface area contributed by atoms with Crippen LogP contribution in [-0.2, 0) is 13.1 Å². The van der Waals surface area contributed by atoms with Crippen molar-refractivity contribution in [2.24, 2.45) is 0 Å².